The molecule has 0 radical (unpaired) electrons. The van der Waals surface area contributed by atoms with E-state index in [1.165, 1.54) is 0 Å². The maximum atomic E-state index is 12.1. The fourth-order valence-corrected chi connectivity index (χ4v) is 3.23. The minimum absolute atomic E-state index is 0.0784. The Labute approximate surface area is 160 Å². The average molecular weight is 389 g/mol. The van der Waals surface area contributed by atoms with Gasteiger partial charge in [0, 0.05) is 10.6 Å². The van der Waals surface area contributed by atoms with Crippen LogP contribution in [0.4, 0.5) is 0 Å². The molecular formula is C19H17ClN2O3S. The number of benzene rings is 2. The van der Waals surface area contributed by atoms with E-state index in [1.54, 1.807) is 24.3 Å². The van der Waals surface area contributed by atoms with Crippen LogP contribution < -0.4 is 4.74 Å². The Morgan fingerprint density at radius 3 is 2.42 bits per heavy atom. The second-order valence-corrected chi connectivity index (χ2v) is 7.23. The molecule has 0 atom stereocenters. The summed E-state index contributed by atoms with van der Waals surface area (Å²) in [4.78, 5) is 12.1. The van der Waals surface area contributed by atoms with Gasteiger partial charge in [-0.1, -0.05) is 41.1 Å². The van der Waals surface area contributed by atoms with Gasteiger partial charge in [-0.3, -0.25) is 4.79 Å². The highest BCUT2D eigenvalue weighted by atomic mass is 35.5. The molecule has 0 saturated carbocycles. The summed E-state index contributed by atoms with van der Waals surface area (Å²) in [5.41, 5.74) is 3.77. The maximum absolute atomic E-state index is 12.1. The molecule has 0 unspecified atom stereocenters. The first-order chi connectivity index (χ1) is 12.4. The Hall–Kier alpha value is -2.31. The number of hydrogen-bond donors (Lipinski definition) is 0. The molecule has 1 heterocycles. The van der Waals surface area contributed by atoms with Crippen LogP contribution >= 0.6 is 23.4 Å². The average Bonchev–Trinajstić information content (AvgIpc) is 3.06. The van der Waals surface area contributed by atoms with Crippen LogP contribution in [0.2, 0.25) is 5.02 Å². The number of esters is 1. The van der Waals surface area contributed by atoms with Crippen molar-refractivity contribution in [1.82, 2.24) is 10.2 Å². The van der Waals surface area contributed by atoms with Crippen LogP contribution in [0.15, 0.2) is 46.0 Å². The molecule has 3 rings (SSSR count). The number of carbonyl (C=O) groups is 1. The molecule has 0 aliphatic rings. The molecule has 0 fully saturated rings. The predicted octanol–water partition coefficient (Wildman–Crippen LogP) is 5.01. The molecule has 134 valence electrons. The first-order valence-corrected chi connectivity index (χ1v) is 9.29. The fourth-order valence-electron chi connectivity index (χ4n) is 2.57. The molecule has 0 N–H and O–H groups in total. The van der Waals surface area contributed by atoms with Gasteiger partial charge in [0.05, 0.1) is 0 Å². The van der Waals surface area contributed by atoms with Crippen LogP contribution in [-0.4, -0.2) is 21.9 Å². The number of hydrogen-bond acceptors (Lipinski definition) is 6. The van der Waals surface area contributed by atoms with E-state index in [9.17, 15) is 4.79 Å². The van der Waals surface area contributed by atoms with E-state index in [-0.39, 0.29) is 11.7 Å². The molecule has 2 aromatic carbocycles. The Balaban J connectivity index is 1.61. The lowest BCUT2D eigenvalue weighted by molar-refractivity contribution is -0.131. The largest absolute Gasteiger partial charge is 0.425 e. The summed E-state index contributed by atoms with van der Waals surface area (Å²) in [6, 6.07) is 11.1. The fraction of sp³-hybridized carbons (Fsp3) is 0.211. The lowest BCUT2D eigenvalue weighted by Crippen LogP contribution is -2.12. The standard InChI is InChI=1S/C19H17ClN2O3S/c1-11-8-12(2)17(13(3)9-11)24-16(23)10-26-19-22-21-18(25-19)14-4-6-15(20)7-5-14/h4-9H,10H2,1-3H3. The smallest absolute Gasteiger partial charge is 0.321 e. The molecule has 7 heteroatoms. The van der Waals surface area contributed by atoms with Crippen molar-refractivity contribution in [3.05, 3.63) is 58.1 Å². The van der Waals surface area contributed by atoms with E-state index in [2.05, 4.69) is 10.2 Å². The van der Waals surface area contributed by atoms with Crippen LogP contribution in [0.3, 0.4) is 0 Å². The van der Waals surface area contributed by atoms with Gasteiger partial charge in [-0.15, -0.1) is 10.2 Å². The van der Waals surface area contributed by atoms with Gasteiger partial charge in [-0.05, 0) is 56.2 Å². The third-order valence-corrected chi connectivity index (χ3v) is 4.68. The van der Waals surface area contributed by atoms with Crippen molar-refractivity contribution >= 4 is 29.3 Å². The van der Waals surface area contributed by atoms with E-state index >= 15 is 0 Å². The van der Waals surface area contributed by atoms with Gasteiger partial charge in [0.25, 0.3) is 5.22 Å². The van der Waals surface area contributed by atoms with Gasteiger partial charge >= 0.3 is 5.97 Å². The molecule has 26 heavy (non-hydrogen) atoms. The zero-order valence-electron chi connectivity index (χ0n) is 14.6. The van der Waals surface area contributed by atoms with Crippen LogP contribution in [0.25, 0.3) is 11.5 Å². The molecule has 0 amide bonds. The highest BCUT2D eigenvalue weighted by molar-refractivity contribution is 7.99. The second-order valence-electron chi connectivity index (χ2n) is 5.87. The van der Waals surface area contributed by atoms with Crippen LogP contribution in [0.5, 0.6) is 5.75 Å². The molecule has 0 spiro atoms. The van der Waals surface area contributed by atoms with Crippen molar-refractivity contribution in [2.75, 3.05) is 5.75 Å². The first kappa shape index (κ1) is 18.5. The Kier molecular flexibility index (Phi) is 5.64. The number of carbonyl (C=O) groups excluding carboxylic acids is 1. The number of halogens is 1. The molecule has 0 aliphatic carbocycles. The topological polar surface area (TPSA) is 65.2 Å². The Morgan fingerprint density at radius 1 is 1.12 bits per heavy atom. The zero-order chi connectivity index (χ0) is 18.7. The molecule has 3 aromatic rings. The van der Waals surface area contributed by atoms with Crippen LogP contribution in [-0.2, 0) is 4.79 Å². The summed E-state index contributed by atoms with van der Waals surface area (Å²) in [7, 11) is 0. The number of aromatic nitrogens is 2. The van der Waals surface area contributed by atoms with E-state index < -0.39 is 0 Å². The number of ether oxygens (including phenoxy) is 1. The predicted molar refractivity (Wildman–Crippen MR) is 102 cm³/mol. The summed E-state index contributed by atoms with van der Waals surface area (Å²) in [6.45, 7) is 5.85. The third-order valence-electron chi connectivity index (χ3n) is 3.63. The zero-order valence-corrected chi connectivity index (χ0v) is 16.1. The molecule has 0 aliphatic heterocycles. The second kappa shape index (κ2) is 7.93. The molecule has 1 aromatic heterocycles. The lowest BCUT2D eigenvalue weighted by Gasteiger charge is -2.11. The lowest BCUT2D eigenvalue weighted by atomic mass is 10.1. The number of rotatable bonds is 5. The van der Waals surface area contributed by atoms with Crippen molar-refractivity contribution in [1.29, 1.82) is 0 Å². The van der Waals surface area contributed by atoms with Gasteiger partial charge in [0.15, 0.2) is 0 Å². The Bertz CT molecular complexity index is 915. The number of aryl methyl sites for hydroxylation is 3. The number of thioether (sulfide) groups is 1. The highest BCUT2D eigenvalue weighted by Gasteiger charge is 2.14. The molecular weight excluding hydrogens is 372 g/mol. The SMILES string of the molecule is Cc1cc(C)c(OC(=O)CSc2nnc(-c3ccc(Cl)cc3)o2)c(C)c1. The van der Waals surface area contributed by atoms with Crippen LogP contribution in [0, 0.1) is 20.8 Å². The summed E-state index contributed by atoms with van der Waals surface area (Å²) in [5.74, 6) is 0.697. The van der Waals surface area contributed by atoms with E-state index in [0.717, 1.165) is 34.0 Å². The van der Waals surface area contributed by atoms with Gasteiger partial charge in [-0.25, -0.2) is 0 Å². The summed E-state index contributed by atoms with van der Waals surface area (Å²) >= 11 is 7.00. The van der Waals surface area contributed by atoms with Gasteiger partial charge in [0.2, 0.25) is 5.89 Å². The molecule has 0 bridgehead atoms. The van der Waals surface area contributed by atoms with E-state index in [1.807, 2.05) is 32.9 Å². The van der Waals surface area contributed by atoms with E-state index in [0.29, 0.717) is 21.9 Å². The summed E-state index contributed by atoms with van der Waals surface area (Å²) in [5, 5.41) is 8.87. The van der Waals surface area contributed by atoms with Crippen molar-refractivity contribution in [2.24, 2.45) is 0 Å². The van der Waals surface area contributed by atoms with Crippen molar-refractivity contribution in [3.63, 3.8) is 0 Å². The minimum atomic E-state index is -0.365. The monoisotopic (exact) mass is 388 g/mol. The third kappa shape index (κ3) is 4.45. The quantitative estimate of drug-likeness (QED) is 0.347. The molecule has 0 saturated heterocycles. The molecule has 5 nitrogen and oxygen atoms in total. The van der Waals surface area contributed by atoms with Crippen molar-refractivity contribution in [3.8, 4) is 17.2 Å². The normalized spacial score (nSPS) is 10.8. The van der Waals surface area contributed by atoms with Crippen LogP contribution in [0.1, 0.15) is 16.7 Å². The van der Waals surface area contributed by atoms with Gasteiger partial charge in [-0.2, -0.15) is 0 Å². The van der Waals surface area contributed by atoms with Crippen molar-refractivity contribution in [2.45, 2.75) is 26.0 Å². The van der Waals surface area contributed by atoms with E-state index in [4.69, 9.17) is 20.8 Å². The minimum Gasteiger partial charge on any atom is -0.425 e. The van der Waals surface area contributed by atoms with Gasteiger partial charge < -0.3 is 9.15 Å². The maximum Gasteiger partial charge on any atom is 0.321 e. The van der Waals surface area contributed by atoms with Crippen molar-refractivity contribution < 1.29 is 13.9 Å². The Morgan fingerprint density at radius 2 is 1.77 bits per heavy atom. The first-order valence-electron chi connectivity index (χ1n) is 7.93. The summed E-state index contributed by atoms with van der Waals surface area (Å²) < 4.78 is 11.1. The van der Waals surface area contributed by atoms with Gasteiger partial charge in [0.1, 0.15) is 11.5 Å². The number of nitrogens with zero attached hydrogens (tertiary/aromatic N) is 2. The summed E-state index contributed by atoms with van der Waals surface area (Å²) in [6.07, 6.45) is 0. The highest BCUT2D eigenvalue weighted by Crippen LogP contribution is 2.27.